The maximum Gasteiger partial charge on any atom is 0.435 e. The van der Waals surface area contributed by atoms with Crippen molar-refractivity contribution in [1.82, 2.24) is 14.8 Å². The van der Waals surface area contributed by atoms with Gasteiger partial charge in [-0.25, -0.2) is 4.98 Å². The molecule has 1 saturated carbocycles. The third kappa shape index (κ3) is 3.01. The van der Waals surface area contributed by atoms with Gasteiger partial charge in [0.05, 0.1) is 12.1 Å². The molecule has 0 bridgehead atoms. The van der Waals surface area contributed by atoms with Crippen molar-refractivity contribution in [2.45, 2.75) is 26.1 Å². The minimum atomic E-state index is -4.64. The Morgan fingerprint density at radius 2 is 2.00 bits per heavy atom. The second-order valence-electron chi connectivity index (χ2n) is 6.82. The maximum absolute atomic E-state index is 12.9. The summed E-state index contributed by atoms with van der Waals surface area (Å²) in [6, 6.07) is 3.78. The zero-order chi connectivity index (χ0) is 17.8. The summed E-state index contributed by atoms with van der Waals surface area (Å²) < 4.78 is 39.8. The number of pyridine rings is 1. The van der Waals surface area contributed by atoms with Crippen LogP contribution in [-0.2, 0) is 12.7 Å². The first-order valence-corrected chi connectivity index (χ1v) is 8.16. The van der Waals surface area contributed by atoms with Crippen LogP contribution < -0.4 is 4.90 Å². The number of rotatable bonds is 4. The molecule has 2 aliphatic rings. The lowest BCUT2D eigenvalue weighted by Crippen LogP contribution is -2.23. The molecule has 132 valence electrons. The summed E-state index contributed by atoms with van der Waals surface area (Å²) in [6.07, 6.45) is -2.03. The molecular weight excluding hydrogens is 333 g/mol. The summed E-state index contributed by atoms with van der Waals surface area (Å²) in [5.74, 6) is 2.51. The highest BCUT2D eigenvalue weighted by Crippen LogP contribution is 2.45. The van der Waals surface area contributed by atoms with Crippen molar-refractivity contribution in [3.8, 4) is 0 Å². The van der Waals surface area contributed by atoms with Gasteiger partial charge in [0, 0.05) is 25.0 Å². The van der Waals surface area contributed by atoms with Gasteiger partial charge in [-0.3, -0.25) is 9.48 Å². The van der Waals surface area contributed by atoms with Crippen molar-refractivity contribution in [3.63, 3.8) is 0 Å². The van der Waals surface area contributed by atoms with E-state index in [0.29, 0.717) is 0 Å². The SMILES string of the molecule is Cc1nc(N2CC3CC3C2)ccc1Cn1cc(C=O)c(C(F)(F)F)n1. The molecule has 0 radical (unpaired) electrons. The second-order valence-corrected chi connectivity index (χ2v) is 6.82. The van der Waals surface area contributed by atoms with Crippen molar-refractivity contribution < 1.29 is 18.0 Å². The van der Waals surface area contributed by atoms with Crippen molar-refractivity contribution >= 4 is 12.1 Å². The number of aromatic nitrogens is 3. The minimum absolute atomic E-state index is 0.140. The Labute approximate surface area is 142 Å². The van der Waals surface area contributed by atoms with E-state index in [-0.39, 0.29) is 12.8 Å². The van der Waals surface area contributed by atoms with E-state index in [1.807, 2.05) is 19.1 Å². The van der Waals surface area contributed by atoms with Crippen LogP contribution in [0.1, 0.15) is 33.7 Å². The number of piperidine rings is 1. The first kappa shape index (κ1) is 16.1. The van der Waals surface area contributed by atoms with Gasteiger partial charge >= 0.3 is 6.18 Å². The molecule has 0 amide bonds. The fourth-order valence-electron chi connectivity index (χ4n) is 3.50. The Morgan fingerprint density at radius 3 is 2.56 bits per heavy atom. The highest BCUT2D eigenvalue weighted by molar-refractivity contribution is 5.76. The molecule has 2 atom stereocenters. The van der Waals surface area contributed by atoms with E-state index in [1.54, 1.807) is 0 Å². The number of hydrogen-bond donors (Lipinski definition) is 0. The number of halogens is 3. The molecule has 3 heterocycles. The zero-order valence-corrected chi connectivity index (χ0v) is 13.6. The topological polar surface area (TPSA) is 51.0 Å². The van der Waals surface area contributed by atoms with Gasteiger partial charge in [-0.05, 0) is 36.8 Å². The van der Waals surface area contributed by atoms with Crippen LogP contribution in [0.25, 0.3) is 0 Å². The Bertz CT molecular complexity index is 820. The Kier molecular flexibility index (Phi) is 3.59. The average Bonchev–Trinajstić information content (AvgIpc) is 2.97. The van der Waals surface area contributed by atoms with E-state index in [0.717, 1.165) is 52.9 Å². The van der Waals surface area contributed by atoms with Crippen LogP contribution in [0.2, 0.25) is 0 Å². The van der Waals surface area contributed by atoms with E-state index < -0.39 is 17.4 Å². The summed E-state index contributed by atoms with van der Waals surface area (Å²) in [5.41, 5.74) is -0.0661. The molecule has 25 heavy (non-hydrogen) atoms. The first-order chi connectivity index (χ1) is 11.8. The largest absolute Gasteiger partial charge is 0.435 e. The quantitative estimate of drug-likeness (QED) is 0.796. The lowest BCUT2D eigenvalue weighted by molar-refractivity contribution is -0.141. The average molecular weight is 350 g/mol. The third-order valence-corrected chi connectivity index (χ3v) is 5.00. The number of hydrogen-bond acceptors (Lipinski definition) is 4. The van der Waals surface area contributed by atoms with Gasteiger partial charge in [0.2, 0.25) is 0 Å². The summed E-state index contributed by atoms with van der Waals surface area (Å²) in [6.45, 7) is 4.05. The number of aldehydes is 1. The molecule has 1 aliphatic heterocycles. The number of aryl methyl sites for hydroxylation is 1. The summed E-state index contributed by atoms with van der Waals surface area (Å²) in [7, 11) is 0. The monoisotopic (exact) mass is 350 g/mol. The first-order valence-electron chi connectivity index (χ1n) is 8.16. The van der Waals surface area contributed by atoms with Crippen LogP contribution in [0.3, 0.4) is 0 Å². The van der Waals surface area contributed by atoms with Crippen LogP contribution in [0.15, 0.2) is 18.3 Å². The molecule has 2 aromatic rings. The van der Waals surface area contributed by atoms with E-state index in [2.05, 4.69) is 15.0 Å². The van der Waals surface area contributed by atoms with Crippen LogP contribution in [0, 0.1) is 18.8 Å². The molecule has 2 aromatic heterocycles. The van der Waals surface area contributed by atoms with Gasteiger partial charge < -0.3 is 4.90 Å². The van der Waals surface area contributed by atoms with Gasteiger partial charge in [-0.2, -0.15) is 18.3 Å². The molecule has 4 rings (SSSR count). The predicted molar refractivity (Wildman–Crippen MR) is 84.5 cm³/mol. The number of carbonyl (C=O) groups excluding carboxylic acids is 1. The van der Waals surface area contributed by atoms with Gasteiger partial charge in [0.25, 0.3) is 0 Å². The summed E-state index contributed by atoms with van der Waals surface area (Å²) >= 11 is 0. The molecule has 2 unspecified atom stereocenters. The standard InChI is InChI=1S/C17H17F3N4O/c1-10-11(2-3-15(21-10)23-5-12-4-13(12)6-23)7-24-8-14(9-25)16(22-24)17(18,19)20/h2-3,8-9,12-13H,4-7H2,1H3. The lowest BCUT2D eigenvalue weighted by Gasteiger charge is -2.20. The smallest absolute Gasteiger partial charge is 0.356 e. The maximum atomic E-state index is 12.9. The van der Waals surface area contributed by atoms with Gasteiger partial charge in [-0.15, -0.1) is 0 Å². The van der Waals surface area contributed by atoms with Crippen LogP contribution in [0.4, 0.5) is 19.0 Å². The van der Waals surface area contributed by atoms with Gasteiger partial charge in [0.15, 0.2) is 12.0 Å². The molecule has 2 fully saturated rings. The van der Waals surface area contributed by atoms with Crippen LogP contribution in [-0.4, -0.2) is 34.1 Å². The highest BCUT2D eigenvalue weighted by atomic mass is 19.4. The fraction of sp³-hybridized carbons (Fsp3) is 0.471. The molecule has 0 N–H and O–H groups in total. The minimum Gasteiger partial charge on any atom is -0.356 e. The fourth-order valence-corrected chi connectivity index (χ4v) is 3.50. The van der Waals surface area contributed by atoms with E-state index in [9.17, 15) is 18.0 Å². The second kappa shape index (κ2) is 5.57. The molecule has 1 saturated heterocycles. The molecule has 0 aromatic carbocycles. The van der Waals surface area contributed by atoms with Gasteiger partial charge in [-0.1, -0.05) is 6.07 Å². The van der Waals surface area contributed by atoms with E-state index >= 15 is 0 Å². The van der Waals surface area contributed by atoms with Crippen molar-refractivity contribution in [3.05, 3.63) is 40.8 Å². The number of alkyl halides is 3. The van der Waals surface area contributed by atoms with E-state index in [1.165, 1.54) is 6.42 Å². The zero-order valence-electron chi connectivity index (χ0n) is 13.6. The normalized spacial score (nSPS) is 22.2. The Hall–Kier alpha value is -2.38. The number of anilines is 1. The predicted octanol–water partition coefficient (Wildman–Crippen LogP) is 2.92. The number of carbonyl (C=O) groups is 1. The molecular formula is C17H17F3N4O. The summed E-state index contributed by atoms with van der Waals surface area (Å²) in [5, 5.41) is 3.53. The molecule has 1 aliphatic carbocycles. The number of fused-ring (bicyclic) bond motifs is 1. The third-order valence-electron chi connectivity index (χ3n) is 5.00. The van der Waals surface area contributed by atoms with Gasteiger partial charge in [0.1, 0.15) is 5.82 Å². The van der Waals surface area contributed by atoms with E-state index in [4.69, 9.17) is 0 Å². The molecule has 5 nitrogen and oxygen atoms in total. The lowest BCUT2D eigenvalue weighted by atomic mass is 10.2. The highest BCUT2D eigenvalue weighted by Gasteiger charge is 2.45. The van der Waals surface area contributed by atoms with Crippen LogP contribution in [0.5, 0.6) is 0 Å². The molecule has 8 heteroatoms. The van der Waals surface area contributed by atoms with Crippen molar-refractivity contribution in [2.24, 2.45) is 11.8 Å². The molecule has 0 spiro atoms. The van der Waals surface area contributed by atoms with Crippen molar-refractivity contribution in [2.75, 3.05) is 18.0 Å². The summed E-state index contributed by atoms with van der Waals surface area (Å²) in [4.78, 5) is 17.7. The Morgan fingerprint density at radius 1 is 1.28 bits per heavy atom. The number of nitrogens with zero attached hydrogens (tertiary/aromatic N) is 4. The Balaban J connectivity index is 1.54. The van der Waals surface area contributed by atoms with Crippen LogP contribution >= 0.6 is 0 Å². The van der Waals surface area contributed by atoms with Crippen molar-refractivity contribution in [1.29, 1.82) is 0 Å².